The number of aromatic nitrogens is 1. The molecular weight excluding hydrogens is 360 g/mol. The highest BCUT2D eigenvalue weighted by atomic mass is 15.3. The summed E-state index contributed by atoms with van der Waals surface area (Å²) >= 11 is 0. The molecule has 0 spiro atoms. The van der Waals surface area contributed by atoms with E-state index in [9.17, 15) is 5.26 Å². The van der Waals surface area contributed by atoms with Crippen LogP contribution in [-0.2, 0) is 0 Å². The standard InChI is InChI=1S/C23H24N6/c1-17(26-20-8-4-11-25-16-20)29-13-5-12-28(2)22-10-9-21(27-23(22)29)19-7-3-6-18(14-19)15-24/h3-4,6-7,9-11,14,16,20,26H,1,5,8,12-13H2,2H3. The Bertz CT molecular complexity index is 1020. The van der Waals surface area contributed by atoms with Gasteiger partial charge in [0, 0.05) is 38.1 Å². The molecule has 0 bridgehead atoms. The van der Waals surface area contributed by atoms with Crippen LogP contribution in [0.3, 0.4) is 0 Å². The largest absolute Gasteiger partial charge is 0.372 e. The quantitative estimate of drug-likeness (QED) is 0.871. The molecule has 1 aromatic heterocycles. The summed E-state index contributed by atoms with van der Waals surface area (Å²) in [6, 6.07) is 14.0. The number of nitrogens with one attached hydrogen (secondary N) is 1. The zero-order valence-corrected chi connectivity index (χ0v) is 16.5. The molecule has 1 N–H and O–H groups in total. The summed E-state index contributed by atoms with van der Waals surface area (Å²) < 4.78 is 0. The summed E-state index contributed by atoms with van der Waals surface area (Å²) in [6.07, 6.45) is 7.67. The molecule has 146 valence electrons. The lowest BCUT2D eigenvalue weighted by atomic mass is 10.1. The van der Waals surface area contributed by atoms with E-state index in [1.807, 2.05) is 42.8 Å². The van der Waals surface area contributed by atoms with Gasteiger partial charge in [0.15, 0.2) is 5.82 Å². The van der Waals surface area contributed by atoms with Gasteiger partial charge < -0.3 is 15.1 Å². The predicted octanol–water partition coefficient (Wildman–Crippen LogP) is 3.68. The maximum atomic E-state index is 9.22. The third-order valence-electron chi connectivity index (χ3n) is 5.21. The fraction of sp³-hybridized carbons (Fsp3) is 0.261. The minimum Gasteiger partial charge on any atom is -0.372 e. The Balaban J connectivity index is 1.69. The molecule has 2 aliphatic heterocycles. The van der Waals surface area contributed by atoms with Gasteiger partial charge in [-0.15, -0.1) is 0 Å². The van der Waals surface area contributed by atoms with Gasteiger partial charge in [-0.25, -0.2) is 4.98 Å². The molecule has 6 nitrogen and oxygen atoms in total. The number of benzene rings is 1. The first-order chi connectivity index (χ1) is 14.2. The monoisotopic (exact) mass is 384 g/mol. The molecule has 6 heteroatoms. The first-order valence-electron chi connectivity index (χ1n) is 9.80. The molecule has 0 radical (unpaired) electrons. The number of hydrogen-bond acceptors (Lipinski definition) is 6. The Kier molecular flexibility index (Phi) is 5.30. The number of hydrogen-bond donors (Lipinski definition) is 1. The van der Waals surface area contributed by atoms with E-state index in [2.05, 4.69) is 45.9 Å². The molecule has 2 aromatic rings. The Hall–Kier alpha value is -3.59. The van der Waals surface area contributed by atoms with Crippen LogP contribution in [0.25, 0.3) is 11.3 Å². The van der Waals surface area contributed by atoms with E-state index in [-0.39, 0.29) is 6.04 Å². The molecule has 0 amide bonds. The molecule has 4 rings (SSSR count). The van der Waals surface area contributed by atoms with E-state index in [1.54, 1.807) is 6.07 Å². The second kappa shape index (κ2) is 8.19. The van der Waals surface area contributed by atoms with Crippen molar-refractivity contribution in [2.24, 2.45) is 4.99 Å². The van der Waals surface area contributed by atoms with Gasteiger partial charge in [0.1, 0.15) is 5.82 Å². The molecule has 1 unspecified atom stereocenters. The second-order valence-electron chi connectivity index (χ2n) is 7.27. The molecule has 1 atom stereocenters. The van der Waals surface area contributed by atoms with E-state index in [4.69, 9.17) is 4.98 Å². The van der Waals surface area contributed by atoms with Gasteiger partial charge in [0.05, 0.1) is 29.1 Å². The van der Waals surface area contributed by atoms with Crippen molar-refractivity contribution in [3.05, 3.63) is 66.6 Å². The van der Waals surface area contributed by atoms with E-state index in [1.165, 1.54) is 0 Å². The van der Waals surface area contributed by atoms with Crippen LogP contribution < -0.4 is 15.1 Å². The van der Waals surface area contributed by atoms with E-state index in [0.29, 0.717) is 5.56 Å². The van der Waals surface area contributed by atoms with Crippen LogP contribution >= 0.6 is 0 Å². The summed E-state index contributed by atoms with van der Waals surface area (Å²) in [5.74, 6) is 1.70. The van der Waals surface area contributed by atoms with Crippen LogP contribution in [0.15, 0.2) is 66.1 Å². The van der Waals surface area contributed by atoms with Gasteiger partial charge in [-0.2, -0.15) is 5.26 Å². The lowest BCUT2D eigenvalue weighted by Crippen LogP contribution is -2.39. The first-order valence-corrected chi connectivity index (χ1v) is 9.80. The second-order valence-corrected chi connectivity index (χ2v) is 7.27. The fourth-order valence-corrected chi connectivity index (χ4v) is 3.67. The molecule has 0 saturated carbocycles. The van der Waals surface area contributed by atoms with Crippen molar-refractivity contribution in [2.45, 2.75) is 18.9 Å². The number of anilines is 2. The van der Waals surface area contributed by atoms with Crippen molar-refractivity contribution < 1.29 is 0 Å². The van der Waals surface area contributed by atoms with Gasteiger partial charge in [-0.1, -0.05) is 24.8 Å². The number of aliphatic imine (C=N–C) groups is 1. The molecular formula is C23H24N6. The average Bonchev–Trinajstić information content (AvgIpc) is 2.93. The number of pyridine rings is 1. The van der Waals surface area contributed by atoms with Crippen LogP contribution in [0.2, 0.25) is 0 Å². The molecule has 2 aliphatic rings. The molecule has 0 saturated heterocycles. The molecule has 1 aromatic carbocycles. The topological polar surface area (TPSA) is 67.6 Å². The minimum atomic E-state index is 0.132. The summed E-state index contributed by atoms with van der Waals surface area (Å²) in [5.41, 5.74) is 3.48. The van der Waals surface area contributed by atoms with Crippen LogP contribution in [0.5, 0.6) is 0 Å². The van der Waals surface area contributed by atoms with Crippen LogP contribution in [0.4, 0.5) is 11.5 Å². The van der Waals surface area contributed by atoms with E-state index < -0.39 is 0 Å². The van der Waals surface area contributed by atoms with Crippen molar-refractivity contribution in [3.63, 3.8) is 0 Å². The third kappa shape index (κ3) is 3.99. The highest BCUT2D eigenvalue weighted by molar-refractivity contribution is 5.75. The fourth-order valence-electron chi connectivity index (χ4n) is 3.67. The highest BCUT2D eigenvalue weighted by Gasteiger charge is 2.23. The highest BCUT2D eigenvalue weighted by Crippen LogP contribution is 2.34. The molecule has 0 fully saturated rings. The van der Waals surface area contributed by atoms with Crippen LogP contribution in [-0.4, -0.2) is 37.4 Å². The van der Waals surface area contributed by atoms with Crippen molar-refractivity contribution >= 4 is 17.7 Å². The van der Waals surface area contributed by atoms with Crippen molar-refractivity contribution in [1.29, 1.82) is 5.26 Å². The van der Waals surface area contributed by atoms with Crippen molar-refractivity contribution in [1.82, 2.24) is 10.3 Å². The van der Waals surface area contributed by atoms with Gasteiger partial charge in [-0.05, 0) is 37.1 Å². The normalized spacial score (nSPS) is 18.0. The minimum absolute atomic E-state index is 0.132. The van der Waals surface area contributed by atoms with E-state index in [0.717, 1.165) is 54.5 Å². The number of nitrogens with zero attached hydrogens (tertiary/aromatic N) is 5. The first kappa shape index (κ1) is 18.8. The number of rotatable bonds is 4. The van der Waals surface area contributed by atoms with Gasteiger partial charge in [0.2, 0.25) is 0 Å². The maximum Gasteiger partial charge on any atom is 0.158 e. The molecule has 3 heterocycles. The summed E-state index contributed by atoms with van der Waals surface area (Å²) in [5, 5.41) is 12.7. The number of fused-ring (bicyclic) bond motifs is 1. The molecule has 29 heavy (non-hydrogen) atoms. The maximum absolute atomic E-state index is 9.22. The Labute approximate surface area is 171 Å². The summed E-state index contributed by atoms with van der Waals surface area (Å²) in [7, 11) is 2.09. The Morgan fingerprint density at radius 1 is 1.28 bits per heavy atom. The van der Waals surface area contributed by atoms with Gasteiger partial charge in [0.25, 0.3) is 0 Å². The zero-order valence-electron chi connectivity index (χ0n) is 16.5. The third-order valence-corrected chi connectivity index (χ3v) is 5.21. The Morgan fingerprint density at radius 3 is 2.97 bits per heavy atom. The van der Waals surface area contributed by atoms with Crippen LogP contribution in [0.1, 0.15) is 18.4 Å². The Morgan fingerprint density at radius 2 is 2.17 bits per heavy atom. The summed E-state index contributed by atoms with van der Waals surface area (Å²) in [4.78, 5) is 13.6. The number of nitriles is 1. The van der Waals surface area contributed by atoms with Gasteiger partial charge in [-0.3, -0.25) is 4.99 Å². The van der Waals surface area contributed by atoms with Crippen molar-refractivity contribution in [2.75, 3.05) is 29.9 Å². The van der Waals surface area contributed by atoms with E-state index >= 15 is 0 Å². The summed E-state index contributed by atoms with van der Waals surface area (Å²) in [6.45, 7) is 6.08. The zero-order chi connectivity index (χ0) is 20.2. The smallest absolute Gasteiger partial charge is 0.158 e. The lowest BCUT2D eigenvalue weighted by Gasteiger charge is -2.29. The lowest BCUT2D eigenvalue weighted by molar-refractivity contribution is 0.669. The SMILES string of the molecule is C=C(NC1C=NC=CC1)N1CCCN(C)c2ccc(-c3cccc(C#N)c3)nc21. The average molecular weight is 384 g/mol. The van der Waals surface area contributed by atoms with Crippen LogP contribution in [0, 0.1) is 11.3 Å². The van der Waals surface area contributed by atoms with Crippen molar-refractivity contribution in [3.8, 4) is 17.3 Å². The molecule has 0 aliphatic carbocycles. The van der Waals surface area contributed by atoms with Gasteiger partial charge >= 0.3 is 0 Å². The predicted molar refractivity (Wildman–Crippen MR) is 118 cm³/mol.